The van der Waals surface area contributed by atoms with E-state index in [1.54, 1.807) is 0 Å². The number of hydrogen-bond acceptors (Lipinski definition) is 4. The zero-order valence-corrected chi connectivity index (χ0v) is 24.1. The second-order valence-corrected chi connectivity index (χ2v) is 10.7. The number of anilines is 3. The van der Waals surface area contributed by atoms with Crippen molar-refractivity contribution in [3.8, 4) is 40.5 Å². The molecule has 0 heterocycles. The highest BCUT2D eigenvalue weighted by Gasteiger charge is 2.15. The molecule has 0 amide bonds. The van der Waals surface area contributed by atoms with Gasteiger partial charge in [-0.15, -0.1) is 0 Å². The SMILES string of the molecule is N#Cc1ccc(N(c2ccc(-c3ccc(C#N)c4ccccc34)cc2)c2ccc(-c3ccc(C#N)c4ccccc34)cc2)cc1. The molecular formula is C41H24N4. The number of hydrogen-bond donors (Lipinski definition) is 0. The molecule has 7 rings (SSSR count). The topological polar surface area (TPSA) is 74.6 Å². The Balaban J connectivity index is 1.30. The van der Waals surface area contributed by atoms with Crippen molar-refractivity contribution in [2.45, 2.75) is 0 Å². The van der Waals surface area contributed by atoms with Crippen molar-refractivity contribution < 1.29 is 0 Å². The predicted octanol–water partition coefficient (Wildman–Crippen LogP) is 10.4. The van der Waals surface area contributed by atoms with E-state index >= 15 is 0 Å². The summed E-state index contributed by atoms with van der Waals surface area (Å²) in [5.74, 6) is 0. The number of nitriles is 3. The van der Waals surface area contributed by atoms with Crippen molar-refractivity contribution in [3.63, 3.8) is 0 Å². The van der Waals surface area contributed by atoms with Gasteiger partial charge in [-0.25, -0.2) is 0 Å². The summed E-state index contributed by atoms with van der Waals surface area (Å²) in [7, 11) is 0. The molecule has 0 aromatic heterocycles. The second-order valence-electron chi connectivity index (χ2n) is 10.7. The number of rotatable bonds is 5. The molecule has 0 atom stereocenters. The van der Waals surface area contributed by atoms with Gasteiger partial charge in [-0.1, -0.05) is 84.9 Å². The summed E-state index contributed by atoms with van der Waals surface area (Å²) < 4.78 is 0. The van der Waals surface area contributed by atoms with Crippen LogP contribution in [0.5, 0.6) is 0 Å². The Morgan fingerprint density at radius 2 is 0.733 bits per heavy atom. The first kappa shape index (κ1) is 27.2. The summed E-state index contributed by atoms with van der Waals surface area (Å²) in [4.78, 5) is 2.17. The van der Waals surface area contributed by atoms with E-state index in [9.17, 15) is 15.8 Å². The van der Waals surface area contributed by atoms with E-state index in [-0.39, 0.29) is 0 Å². The van der Waals surface area contributed by atoms with E-state index in [2.05, 4.69) is 83.8 Å². The molecule has 4 heteroatoms. The Bertz CT molecular complexity index is 2190. The van der Waals surface area contributed by atoms with Gasteiger partial charge < -0.3 is 4.90 Å². The molecule has 0 aliphatic heterocycles. The highest BCUT2D eigenvalue weighted by Crippen LogP contribution is 2.39. The molecule has 0 saturated carbocycles. The van der Waals surface area contributed by atoms with Crippen LogP contribution in [0.25, 0.3) is 43.8 Å². The lowest BCUT2D eigenvalue weighted by Crippen LogP contribution is -2.09. The average molecular weight is 573 g/mol. The normalized spacial score (nSPS) is 10.6. The molecule has 0 unspecified atom stereocenters. The first-order valence-electron chi connectivity index (χ1n) is 14.5. The van der Waals surface area contributed by atoms with Crippen LogP contribution >= 0.6 is 0 Å². The molecule has 0 bridgehead atoms. The fourth-order valence-corrected chi connectivity index (χ4v) is 6.01. The first-order valence-corrected chi connectivity index (χ1v) is 14.5. The maximum absolute atomic E-state index is 9.61. The van der Waals surface area contributed by atoms with Gasteiger partial charge in [0.2, 0.25) is 0 Å². The smallest absolute Gasteiger partial charge is 0.0998 e. The minimum absolute atomic E-state index is 0.602. The summed E-state index contributed by atoms with van der Waals surface area (Å²) in [5, 5.41) is 32.6. The Morgan fingerprint density at radius 3 is 1.11 bits per heavy atom. The molecule has 0 fully saturated rings. The lowest BCUT2D eigenvalue weighted by atomic mass is 9.95. The molecule has 208 valence electrons. The number of fused-ring (bicyclic) bond motifs is 2. The van der Waals surface area contributed by atoms with Crippen LogP contribution in [-0.2, 0) is 0 Å². The van der Waals surface area contributed by atoms with E-state index in [0.717, 1.165) is 60.9 Å². The molecule has 7 aromatic rings. The molecule has 0 radical (unpaired) electrons. The quantitative estimate of drug-likeness (QED) is 0.206. The third-order valence-corrected chi connectivity index (χ3v) is 8.22. The van der Waals surface area contributed by atoms with Gasteiger partial charge in [0.1, 0.15) is 0 Å². The maximum atomic E-state index is 9.61. The van der Waals surface area contributed by atoms with Crippen molar-refractivity contribution >= 4 is 38.6 Å². The Labute approximate surface area is 261 Å². The number of nitrogens with zero attached hydrogens (tertiary/aromatic N) is 4. The third-order valence-electron chi connectivity index (χ3n) is 8.22. The van der Waals surface area contributed by atoms with Crippen LogP contribution in [0.15, 0.2) is 146 Å². The molecule has 0 aliphatic rings. The Morgan fingerprint density at radius 1 is 0.356 bits per heavy atom. The van der Waals surface area contributed by atoms with Gasteiger partial charge in [-0.2, -0.15) is 15.8 Å². The largest absolute Gasteiger partial charge is 0.311 e. The Hall–Kier alpha value is -6.67. The fraction of sp³-hybridized carbons (Fsp3) is 0. The van der Waals surface area contributed by atoms with Gasteiger partial charge in [0.05, 0.1) is 34.9 Å². The van der Waals surface area contributed by atoms with Gasteiger partial charge in [-0.05, 0) is 93.7 Å². The summed E-state index contributed by atoms with van der Waals surface area (Å²) in [6.07, 6.45) is 0. The van der Waals surface area contributed by atoms with Gasteiger partial charge in [0.15, 0.2) is 0 Å². The van der Waals surface area contributed by atoms with Crippen LogP contribution in [0, 0.1) is 34.0 Å². The van der Waals surface area contributed by atoms with Gasteiger partial charge >= 0.3 is 0 Å². The molecule has 45 heavy (non-hydrogen) atoms. The third kappa shape index (κ3) is 4.92. The summed E-state index contributed by atoms with van der Waals surface area (Å²) in [5.41, 5.74) is 9.05. The molecule has 0 saturated heterocycles. The van der Waals surface area contributed by atoms with Crippen LogP contribution < -0.4 is 4.90 Å². The molecular weight excluding hydrogens is 548 g/mol. The summed E-state index contributed by atoms with van der Waals surface area (Å²) in [6, 6.07) is 55.0. The van der Waals surface area contributed by atoms with E-state index < -0.39 is 0 Å². The standard InChI is InChI=1S/C41H24N4/c42-25-28-9-17-33(18-10-28)45(34-19-11-29(12-20-34)38-23-15-31(26-43)36-5-1-3-7-40(36)38)35-21-13-30(14-22-35)39-24-16-32(27-44)37-6-2-4-8-41(37)39/h1-24H. The predicted molar refractivity (Wildman–Crippen MR) is 181 cm³/mol. The highest BCUT2D eigenvalue weighted by atomic mass is 15.1. The van der Waals surface area contributed by atoms with Crippen molar-refractivity contribution in [2.24, 2.45) is 0 Å². The second kappa shape index (κ2) is 11.5. The fourth-order valence-electron chi connectivity index (χ4n) is 6.01. The lowest BCUT2D eigenvalue weighted by Gasteiger charge is -2.26. The van der Waals surface area contributed by atoms with Gasteiger partial charge in [0, 0.05) is 27.8 Å². The maximum Gasteiger partial charge on any atom is 0.0998 e. The lowest BCUT2D eigenvalue weighted by molar-refractivity contribution is 1.28. The molecule has 0 spiro atoms. The Kier molecular flexibility index (Phi) is 6.97. The summed E-state index contributed by atoms with van der Waals surface area (Å²) >= 11 is 0. The van der Waals surface area contributed by atoms with E-state index in [0.29, 0.717) is 16.7 Å². The minimum Gasteiger partial charge on any atom is -0.311 e. The van der Waals surface area contributed by atoms with Crippen molar-refractivity contribution in [1.82, 2.24) is 0 Å². The zero-order chi connectivity index (χ0) is 30.8. The van der Waals surface area contributed by atoms with Gasteiger partial charge in [-0.3, -0.25) is 0 Å². The van der Waals surface area contributed by atoms with Crippen LogP contribution in [0.1, 0.15) is 16.7 Å². The molecule has 4 nitrogen and oxygen atoms in total. The average Bonchev–Trinajstić information content (AvgIpc) is 3.12. The molecule has 7 aromatic carbocycles. The molecule has 0 aliphatic carbocycles. The van der Waals surface area contributed by atoms with Crippen LogP contribution in [0.2, 0.25) is 0 Å². The van der Waals surface area contributed by atoms with Crippen LogP contribution in [0.3, 0.4) is 0 Å². The zero-order valence-electron chi connectivity index (χ0n) is 24.1. The molecule has 0 N–H and O–H groups in total. The van der Waals surface area contributed by atoms with E-state index in [1.165, 1.54) is 0 Å². The van der Waals surface area contributed by atoms with Crippen LogP contribution in [0.4, 0.5) is 17.1 Å². The monoisotopic (exact) mass is 572 g/mol. The summed E-state index contributed by atoms with van der Waals surface area (Å²) in [6.45, 7) is 0. The van der Waals surface area contributed by atoms with Crippen molar-refractivity contribution in [3.05, 3.63) is 162 Å². The van der Waals surface area contributed by atoms with Crippen molar-refractivity contribution in [2.75, 3.05) is 4.90 Å². The highest BCUT2D eigenvalue weighted by molar-refractivity contribution is 6.01. The number of benzene rings is 7. The van der Waals surface area contributed by atoms with E-state index in [1.807, 2.05) is 84.9 Å². The minimum atomic E-state index is 0.602. The first-order chi connectivity index (χ1) is 22.2. The van der Waals surface area contributed by atoms with Gasteiger partial charge in [0.25, 0.3) is 0 Å². The van der Waals surface area contributed by atoms with Crippen molar-refractivity contribution in [1.29, 1.82) is 15.8 Å². The van der Waals surface area contributed by atoms with Crippen LogP contribution in [-0.4, -0.2) is 0 Å². The van der Waals surface area contributed by atoms with E-state index in [4.69, 9.17) is 0 Å².